The number of nitrogens with one attached hydrogen (secondary N) is 1. The van der Waals surface area contributed by atoms with E-state index in [1.54, 1.807) is 14.2 Å². The molecule has 0 fully saturated rings. The van der Waals surface area contributed by atoms with Crippen LogP contribution in [-0.2, 0) is 16.0 Å². The van der Waals surface area contributed by atoms with E-state index >= 15 is 0 Å². The van der Waals surface area contributed by atoms with Gasteiger partial charge in [0.25, 0.3) is 0 Å². The van der Waals surface area contributed by atoms with Crippen LogP contribution >= 0.6 is 0 Å². The number of carbonyl (C=O) groups is 1. The molecule has 0 aliphatic carbocycles. The number of methoxy groups -OCH3 is 2. The lowest BCUT2D eigenvalue weighted by atomic mass is 9.81. The molecule has 0 aromatic heterocycles. The number of aliphatic hydroxyl groups excluding tert-OH is 1. The average Bonchev–Trinajstić information content (AvgIpc) is 2.84. The molecule has 1 amide bonds. The molecule has 0 aliphatic rings. The molecule has 7 nitrogen and oxygen atoms in total. The maximum absolute atomic E-state index is 12.7. The highest BCUT2D eigenvalue weighted by atomic mass is 16.5. The third-order valence-electron chi connectivity index (χ3n) is 6.95. The molecule has 1 rings (SSSR count). The van der Waals surface area contributed by atoms with Gasteiger partial charge in [-0.05, 0) is 61.1 Å². The van der Waals surface area contributed by atoms with Crippen molar-refractivity contribution in [3.63, 3.8) is 0 Å². The van der Waals surface area contributed by atoms with Gasteiger partial charge in [-0.15, -0.1) is 0 Å². The van der Waals surface area contributed by atoms with Crippen molar-refractivity contribution in [3.05, 3.63) is 23.8 Å². The quantitative estimate of drug-likeness (QED) is 0.236. The topological polar surface area (TPSA) is 103 Å². The highest BCUT2D eigenvalue weighted by Gasteiger charge is 2.29. The molecule has 4 atom stereocenters. The van der Waals surface area contributed by atoms with Crippen molar-refractivity contribution >= 4 is 5.91 Å². The molecular weight excluding hydrogens is 456 g/mol. The molecule has 0 spiro atoms. The number of unbranched alkanes of at least 4 members (excludes halogenated alkanes) is 1. The summed E-state index contributed by atoms with van der Waals surface area (Å²) in [6.45, 7) is 12.4. The number of aliphatic hydroxyl groups is 1. The van der Waals surface area contributed by atoms with Crippen molar-refractivity contribution in [3.8, 4) is 11.5 Å². The van der Waals surface area contributed by atoms with E-state index in [0.29, 0.717) is 44.3 Å². The molecule has 0 aliphatic heterocycles. The van der Waals surface area contributed by atoms with Crippen molar-refractivity contribution < 1.29 is 24.1 Å². The first-order chi connectivity index (χ1) is 17.1. The van der Waals surface area contributed by atoms with Crippen LogP contribution in [0.2, 0.25) is 0 Å². The van der Waals surface area contributed by atoms with Gasteiger partial charge in [0.15, 0.2) is 11.5 Å². The molecule has 7 heteroatoms. The van der Waals surface area contributed by atoms with Crippen LogP contribution in [0.15, 0.2) is 18.2 Å². The van der Waals surface area contributed by atoms with Gasteiger partial charge in [-0.2, -0.15) is 0 Å². The molecule has 0 saturated heterocycles. The van der Waals surface area contributed by atoms with E-state index in [9.17, 15) is 9.90 Å². The summed E-state index contributed by atoms with van der Waals surface area (Å²) in [4.78, 5) is 12.7. The number of hydrogen-bond donors (Lipinski definition) is 3. The first kappa shape index (κ1) is 32.2. The summed E-state index contributed by atoms with van der Waals surface area (Å²) >= 11 is 0. The van der Waals surface area contributed by atoms with Gasteiger partial charge in [0.1, 0.15) is 0 Å². The fourth-order valence-electron chi connectivity index (χ4n) is 4.38. The van der Waals surface area contributed by atoms with E-state index < -0.39 is 12.1 Å². The zero-order valence-corrected chi connectivity index (χ0v) is 23.7. The first-order valence-electron chi connectivity index (χ1n) is 13.6. The van der Waals surface area contributed by atoms with Crippen molar-refractivity contribution in [1.82, 2.24) is 5.32 Å². The zero-order chi connectivity index (χ0) is 27.1. The predicted molar refractivity (Wildman–Crippen MR) is 146 cm³/mol. The van der Waals surface area contributed by atoms with E-state index in [1.807, 2.05) is 26.0 Å². The summed E-state index contributed by atoms with van der Waals surface area (Å²) in [5.74, 6) is 2.00. The van der Waals surface area contributed by atoms with Crippen molar-refractivity contribution in [2.24, 2.45) is 29.4 Å². The molecule has 36 heavy (non-hydrogen) atoms. The van der Waals surface area contributed by atoms with Crippen LogP contribution < -0.4 is 20.5 Å². The molecule has 0 radical (unpaired) electrons. The standard InChI is InChI=1S/C29H52N2O5/c1-8-9-13-31-29(33)24(21(4)5)19-26(32)25(30)18-23(20(2)3)16-22-11-12-27(35-7)28(17-22)36-15-10-14-34-6/h11-12,17,20-21,23-26,32H,8-10,13-16,18-19,30H2,1-7H3,(H,31,33)/t23-,24-,25-,26-/m0/s1. The minimum absolute atomic E-state index is 0.0152. The Kier molecular flexibility index (Phi) is 15.7. The summed E-state index contributed by atoms with van der Waals surface area (Å²) in [5, 5.41) is 14.0. The highest BCUT2D eigenvalue weighted by molar-refractivity contribution is 5.78. The van der Waals surface area contributed by atoms with E-state index in [2.05, 4.69) is 32.2 Å². The number of hydrogen-bond acceptors (Lipinski definition) is 6. The lowest BCUT2D eigenvalue weighted by Gasteiger charge is -2.30. The molecule has 0 unspecified atom stereocenters. The van der Waals surface area contributed by atoms with Crippen LogP contribution in [0.5, 0.6) is 11.5 Å². The van der Waals surface area contributed by atoms with Gasteiger partial charge in [-0.1, -0.05) is 47.1 Å². The van der Waals surface area contributed by atoms with Gasteiger partial charge < -0.3 is 30.4 Å². The van der Waals surface area contributed by atoms with Gasteiger partial charge in [0.05, 0.1) is 19.8 Å². The number of nitrogens with two attached hydrogens (primary N) is 1. The molecule has 0 heterocycles. The van der Waals surface area contributed by atoms with Crippen LogP contribution in [0.25, 0.3) is 0 Å². The Balaban J connectivity index is 2.82. The predicted octanol–water partition coefficient (Wildman–Crippen LogP) is 4.58. The van der Waals surface area contributed by atoms with E-state index in [-0.39, 0.29) is 23.7 Å². The minimum Gasteiger partial charge on any atom is -0.493 e. The van der Waals surface area contributed by atoms with Crippen molar-refractivity contribution in [2.45, 2.75) is 85.3 Å². The molecular formula is C29H52N2O5. The molecule has 0 bridgehead atoms. The summed E-state index contributed by atoms with van der Waals surface area (Å²) < 4.78 is 16.5. The summed E-state index contributed by atoms with van der Waals surface area (Å²) in [5.41, 5.74) is 7.66. The van der Waals surface area contributed by atoms with Gasteiger partial charge in [-0.25, -0.2) is 0 Å². The molecule has 1 aromatic carbocycles. The Morgan fingerprint density at radius 2 is 1.75 bits per heavy atom. The third kappa shape index (κ3) is 11.5. The van der Waals surface area contributed by atoms with E-state index in [4.69, 9.17) is 19.9 Å². The highest BCUT2D eigenvalue weighted by Crippen LogP contribution is 2.31. The van der Waals surface area contributed by atoms with E-state index in [0.717, 1.165) is 37.0 Å². The van der Waals surface area contributed by atoms with Crippen LogP contribution in [0, 0.1) is 23.7 Å². The van der Waals surface area contributed by atoms with Crippen LogP contribution in [0.4, 0.5) is 0 Å². The monoisotopic (exact) mass is 508 g/mol. The first-order valence-corrected chi connectivity index (χ1v) is 13.6. The molecule has 0 saturated carbocycles. The SMILES string of the molecule is CCCCNC(=O)[C@@H](C[C@H](O)[C@@H](N)C[C@H](Cc1ccc(OC)c(OCCCOC)c1)C(C)C)C(C)C. The minimum atomic E-state index is -0.730. The summed E-state index contributed by atoms with van der Waals surface area (Å²) in [6.07, 6.45) is 3.94. The second kappa shape index (κ2) is 17.6. The second-order valence-electron chi connectivity index (χ2n) is 10.6. The largest absolute Gasteiger partial charge is 0.493 e. The smallest absolute Gasteiger partial charge is 0.223 e. The number of carbonyl (C=O) groups excluding carboxylic acids is 1. The molecule has 1 aromatic rings. The Hall–Kier alpha value is -1.83. The molecule has 4 N–H and O–H groups in total. The van der Waals surface area contributed by atoms with Crippen LogP contribution in [0.3, 0.4) is 0 Å². The fourth-order valence-corrected chi connectivity index (χ4v) is 4.38. The summed E-state index contributed by atoms with van der Waals surface area (Å²) in [6, 6.07) is 5.65. The average molecular weight is 509 g/mol. The fraction of sp³-hybridized carbons (Fsp3) is 0.759. The Morgan fingerprint density at radius 1 is 1.03 bits per heavy atom. The lowest BCUT2D eigenvalue weighted by Crippen LogP contribution is -2.42. The van der Waals surface area contributed by atoms with E-state index in [1.165, 1.54) is 0 Å². The van der Waals surface area contributed by atoms with Crippen LogP contribution in [0.1, 0.15) is 72.3 Å². The number of ether oxygens (including phenoxy) is 3. The van der Waals surface area contributed by atoms with Gasteiger partial charge in [0.2, 0.25) is 5.91 Å². The van der Waals surface area contributed by atoms with Gasteiger partial charge in [-0.3, -0.25) is 4.79 Å². The van der Waals surface area contributed by atoms with Gasteiger partial charge in [0, 0.05) is 38.6 Å². The normalized spacial score (nSPS) is 15.0. The number of rotatable bonds is 19. The third-order valence-corrected chi connectivity index (χ3v) is 6.95. The lowest BCUT2D eigenvalue weighted by molar-refractivity contribution is -0.127. The number of amides is 1. The maximum Gasteiger partial charge on any atom is 0.223 e. The van der Waals surface area contributed by atoms with Crippen molar-refractivity contribution in [1.29, 1.82) is 0 Å². The zero-order valence-electron chi connectivity index (χ0n) is 23.7. The Morgan fingerprint density at radius 3 is 2.33 bits per heavy atom. The Bertz CT molecular complexity index is 740. The summed E-state index contributed by atoms with van der Waals surface area (Å²) in [7, 11) is 3.32. The van der Waals surface area contributed by atoms with Crippen molar-refractivity contribution in [2.75, 3.05) is 34.0 Å². The second-order valence-corrected chi connectivity index (χ2v) is 10.6. The molecule has 208 valence electrons. The maximum atomic E-state index is 12.7. The Labute approximate surface area is 219 Å². The number of benzene rings is 1. The van der Waals surface area contributed by atoms with Gasteiger partial charge >= 0.3 is 0 Å². The van der Waals surface area contributed by atoms with Crippen LogP contribution in [-0.4, -0.2) is 57.1 Å².